The summed E-state index contributed by atoms with van der Waals surface area (Å²) >= 11 is 0. The Labute approximate surface area is 371 Å². The third-order valence-electron chi connectivity index (χ3n) is 10.2. The van der Waals surface area contributed by atoms with Crippen LogP contribution in [0.25, 0.3) is 6.08 Å². The zero-order chi connectivity index (χ0) is 46.0. The molecule has 0 aliphatic heterocycles. The van der Waals surface area contributed by atoms with Gasteiger partial charge in [-0.05, 0) is 101 Å². The number of unbranched alkanes of at least 4 members (excludes halogenated alkanes) is 1. The molecule has 4 atom stereocenters. The van der Waals surface area contributed by atoms with Gasteiger partial charge in [0.2, 0.25) is 0 Å². The Morgan fingerprint density at radius 2 is 0.746 bits per heavy atom. The topological polar surface area (TPSA) is 142 Å². The van der Waals surface area contributed by atoms with Gasteiger partial charge in [-0.15, -0.1) is 0 Å². The van der Waals surface area contributed by atoms with E-state index in [2.05, 4.69) is 6.92 Å². The summed E-state index contributed by atoms with van der Waals surface area (Å²) in [5, 5.41) is 8.29. The van der Waals surface area contributed by atoms with E-state index in [9.17, 15) is 24.0 Å². The number of carbonyl (C=O) groups is 5. The molecule has 1 N–H and O–H groups in total. The van der Waals surface area contributed by atoms with Gasteiger partial charge in [-0.3, -0.25) is 0 Å². The van der Waals surface area contributed by atoms with Crippen LogP contribution in [0.2, 0.25) is 0 Å². The van der Waals surface area contributed by atoms with E-state index in [0.717, 1.165) is 37.3 Å². The molecule has 332 valence electrons. The molecule has 0 aromatic heterocycles. The molecule has 0 amide bonds. The predicted octanol–water partition coefficient (Wildman–Crippen LogP) is 11.6. The zero-order valence-electron chi connectivity index (χ0n) is 37.0. The fourth-order valence-electron chi connectivity index (χ4n) is 6.66. The van der Waals surface area contributed by atoms with Crippen LogP contribution < -0.4 is 0 Å². The Morgan fingerprint density at radius 3 is 1.02 bits per heavy atom. The number of hydrogen-bond donors (Lipinski definition) is 1. The van der Waals surface area contributed by atoms with Crippen molar-refractivity contribution in [1.82, 2.24) is 0 Å². The summed E-state index contributed by atoms with van der Waals surface area (Å²) in [5.41, 5.74) is 2.96. The summed E-state index contributed by atoms with van der Waals surface area (Å²) in [6, 6.07) is 44.9. The van der Waals surface area contributed by atoms with Gasteiger partial charge >= 0.3 is 29.8 Å². The molecule has 0 aliphatic carbocycles. The SMILES string of the molecule is CCC(C(C)OC(=O)c1ccccc1)C(C)OC(=O)c1ccccc1.CCCCC(C(C)OC(=O)c1ccccc1)C(C)OC(=O)c1ccccc1.O=C(O)C=Cc1ccccc1. The summed E-state index contributed by atoms with van der Waals surface area (Å²) in [6.45, 7) is 11.5. The number of esters is 4. The third-order valence-corrected chi connectivity index (χ3v) is 10.2. The molecule has 0 saturated heterocycles. The Morgan fingerprint density at radius 1 is 0.460 bits per heavy atom. The fourth-order valence-corrected chi connectivity index (χ4v) is 6.66. The lowest BCUT2D eigenvalue weighted by Gasteiger charge is -2.29. The molecule has 0 heterocycles. The Kier molecular flexibility index (Phi) is 22.4. The van der Waals surface area contributed by atoms with Crippen LogP contribution in [-0.4, -0.2) is 59.4 Å². The van der Waals surface area contributed by atoms with Gasteiger partial charge in [-0.1, -0.05) is 130 Å². The summed E-state index contributed by atoms with van der Waals surface area (Å²) in [4.78, 5) is 59.2. The van der Waals surface area contributed by atoms with Crippen molar-refractivity contribution in [3.8, 4) is 0 Å². The smallest absolute Gasteiger partial charge is 0.338 e. The van der Waals surface area contributed by atoms with Crippen molar-refractivity contribution >= 4 is 35.9 Å². The molecular weight excluding hydrogens is 797 g/mol. The summed E-state index contributed by atoms with van der Waals surface area (Å²) in [6.07, 6.45) is 4.78. The third kappa shape index (κ3) is 18.4. The van der Waals surface area contributed by atoms with Crippen LogP contribution >= 0.6 is 0 Å². The first-order chi connectivity index (χ1) is 30.3. The number of rotatable bonds is 18. The zero-order valence-corrected chi connectivity index (χ0v) is 37.0. The summed E-state index contributed by atoms with van der Waals surface area (Å²) in [5.74, 6) is -2.52. The lowest BCUT2D eigenvalue weighted by molar-refractivity contribution is -0.131. The van der Waals surface area contributed by atoms with Crippen LogP contribution in [0.4, 0.5) is 0 Å². The van der Waals surface area contributed by atoms with Gasteiger partial charge in [0.15, 0.2) is 0 Å². The lowest BCUT2D eigenvalue weighted by atomic mass is 9.91. The highest BCUT2D eigenvalue weighted by atomic mass is 16.6. The second-order valence-corrected chi connectivity index (χ2v) is 14.9. The number of carbonyl (C=O) groups excluding carboxylic acids is 4. The van der Waals surface area contributed by atoms with Gasteiger partial charge in [-0.2, -0.15) is 0 Å². The van der Waals surface area contributed by atoms with Gasteiger partial charge < -0.3 is 24.1 Å². The first-order valence-corrected chi connectivity index (χ1v) is 21.3. The number of ether oxygens (including phenoxy) is 4. The monoisotopic (exact) mass is 856 g/mol. The van der Waals surface area contributed by atoms with Gasteiger partial charge in [0.05, 0.1) is 22.3 Å². The number of aliphatic carboxylic acids is 1. The Bertz CT molecular complexity index is 2000. The average Bonchev–Trinajstić information content (AvgIpc) is 3.30. The van der Waals surface area contributed by atoms with Crippen LogP contribution in [-0.2, 0) is 23.7 Å². The second-order valence-electron chi connectivity index (χ2n) is 14.9. The highest BCUT2D eigenvalue weighted by molar-refractivity contribution is 5.91. The van der Waals surface area contributed by atoms with E-state index in [-0.39, 0.29) is 60.1 Å². The van der Waals surface area contributed by atoms with E-state index in [4.69, 9.17) is 24.1 Å². The minimum Gasteiger partial charge on any atom is -0.478 e. The minimum absolute atomic E-state index is 0.0646. The number of hydrogen-bond acceptors (Lipinski definition) is 9. The highest BCUT2D eigenvalue weighted by Gasteiger charge is 2.30. The molecule has 0 saturated carbocycles. The van der Waals surface area contributed by atoms with Crippen molar-refractivity contribution in [3.63, 3.8) is 0 Å². The summed E-state index contributed by atoms with van der Waals surface area (Å²) in [7, 11) is 0. The number of carboxylic acid groups (broad SMARTS) is 1. The molecule has 0 spiro atoms. The number of carboxylic acids is 1. The molecule has 5 aromatic carbocycles. The maximum atomic E-state index is 12.4. The molecule has 5 aromatic rings. The maximum absolute atomic E-state index is 12.4. The predicted molar refractivity (Wildman–Crippen MR) is 245 cm³/mol. The van der Waals surface area contributed by atoms with Crippen molar-refractivity contribution < 1.29 is 48.0 Å². The van der Waals surface area contributed by atoms with Gasteiger partial charge in [0.25, 0.3) is 0 Å². The normalized spacial score (nSPS) is 13.4. The van der Waals surface area contributed by atoms with E-state index < -0.39 is 5.97 Å². The van der Waals surface area contributed by atoms with Crippen LogP contribution in [0.15, 0.2) is 158 Å². The van der Waals surface area contributed by atoms with Crippen LogP contribution in [0.1, 0.15) is 114 Å². The van der Waals surface area contributed by atoms with E-state index in [1.165, 1.54) is 0 Å². The fraction of sp³-hybridized carbons (Fsp3) is 0.302. The van der Waals surface area contributed by atoms with E-state index in [0.29, 0.717) is 22.3 Å². The molecule has 0 fully saturated rings. The van der Waals surface area contributed by atoms with Crippen LogP contribution in [0, 0.1) is 11.8 Å². The van der Waals surface area contributed by atoms with Gasteiger partial charge in [0.1, 0.15) is 24.4 Å². The average molecular weight is 857 g/mol. The molecule has 63 heavy (non-hydrogen) atoms. The second kappa shape index (κ2) is 27.9. The first-order valence-electron chi connectivity index (χ1n) is 21.3. The quantitative estimate of drug-likeness (QED) is 0.0514. The van der Waals surface area contributed by atoms with Crippen molar-refractivity contribution in [2.75, 3.05) is 0 Å². The molecule has 0 radical (unpaired) electrons. The molecular formula is C53H60O10. The van der Waals surface area contributed by atoms with Crippen molar-refractivity contribution in [2.24, 2.45) is 11.8 Å². The van der Waals surface area contributed by atoms with Gasteiger partial charge in [-0.25, -0.2) is 24.0 Å². The van der Waals surface area contributed by atoms with E-state index >= 15 is 0 Å². The van der Waals surface area contributed by atoms with Crippen molar-refractivity contribution in [2.45, 2.75) is 91.6 Å². The molecule has 10 nitrogen and oxygen atoms in total. The standard InChI is InChI=1S/C23H28O4.C21H24O4.C9H8O2/c1-4-5-16-21(17(2)26-22(24)19-12-8-6-9-13-19)18(3)27-23(25)20-14-10-7-11-15-20;1-4-19(15(2)24-20(22)17-11-7-5-8-12-17)16(3)25-21(23)18-13-9-6-10-14-18;10-9(11)7-6-8-4-2-1-3-5-8/h6-15,17-18,21H,4-5,16H2,1-3H3;5-16,19H,4H2,1-3H3;1-7H,(H,10,11). The maximum Gasteiger partial charge on any atom is 0.338 e. The van der Waals surface area contributed by atoms with Crippen molar-refractivity contribution in [1.29, 1.82) is 0 Å². The van der Waals surface area contributed by atoms with E-state index in [1.807, 2.05) is 89.2 Å². The van der Waals surface area contributed by atoms with Crippen LogP contribution in [0.3, 0.4) is 0 Å². The largest absolute Gasteiger partial charge is 0.478 e. The first kappa shape index (κ1) is 50.5. The van der Waals surface area contributed by atoms with Gasteiger partial charge in [0, 0.05) is 17.9 Å². The highest BCUT2D eigenvalue weighted by Crippen LogP contribution is 2.25. The minimum atomic E-state index is -0.922. The van der Waals surface area contributed by atoms with Crippen LogP contribution in [0.5, 0.6) is 0 Å². The van der Waals surface area contributed by atoms with E-state index in [1.54, 1.807) is 103 Å². The van der Waals surface area contributed by atoms with Crippen molar-refractivity contribution in [3.05, 3.63) is 186 Å². The molecule has 5 rings (SSSR count). The number of benzene rings is 5. The Balaban J connectivity index is 0.000000272. The molecule has 4 unspecified atom stereocenters. The summed E-state index contributed by atoms with van der Waals surface area (Å²) < 4.78 is 22.5. The lowest BCUT2D eigenvalue weighted by Crippen LogP contribution is -2.35. The molecule has 10 heteroatoms. The molecule has 0 aliphatic rings. The Hall–Kier alpha value is -6.81. The molecule has 0 bridgehead atoms.